The van der Waals surface area contributed by atoms with E-state index in [1.807, 2.05) is 20.8 Å². The summed E-state index contributed by atoms with van der Waals surface area (Å²) < 4.78 is 12.0. The summed E-state index contributed by atoms with van der Waals surface area (Å²) in [6.07, 6.45) is 4.56. The van der Waals surface area contributed by atoms with Crippen molar-refractivity contribution in [2.45, 2.75) is 77.3 Å². The molecule has 0 aliphatic heterocycles. The van der Waals surface area contributed by atoms with Crippen molar-refractivity contribution in [1.82, 2.24) is 0 Å². The molecule has 110 valence electrons. The number of hydrogen-bond donors (Lipinski definition) is 0. The average molecular weight is 284 g/mol. The lowest BCUT2D eigenvalue weighted by atomic mass is 9.98. The van der Waals surface area contributed by atoms with E-state index >= 15 is 0 Å². The summed E-state index contributed by atoms with van der Waals surface area (Å²) in [5.74, 6) is 0.349. The van der Waals surface area contributed by atoms with Crippen LogP contribution in [0.2, 0.25) is 19.6 Å². The lowest BCUT2D eigenvalue weighted by molar-refractivity contribution is -0.158. The summed E-state index contributed by atoms with van der Waals surface area (Å²) in [6, 6.07) is 0. The molecule has 0 aromatic carbocycles. The van der Waals surface area contributed by atoms with Crippen molar-refractivity contribution in [2.24, 2.45) is 11.8 Å². The highest BCUT2D eigenvalue weighted by Crippen LogP contribution is 2.63. The molecule has 2 saturated carbocycles. The predicted octanol–water partition coefficient (Wildman–Crippen LogP) is 3.74. The standard InChI is InChI=1S/C15H28O3Si/c1-14(2,3)17-13(16)12-11-9-7-8-10-15(11,12)18-19(4,5)6/h11-12H,7-10H2,1-6H3/t11-,12+,15+/m0/s1. The van der Waals surface area contributed by atoms with Gasteiger partial charge in [0.25, 0.3) is 0 Å². The van der Waals surface area contributed by atoms with E-state index in [2.05, 4.69) is 19.6 Å². The number of rotatable bonds is 3. The second-order valence-electron chi connectivity index (χ2n) is 8.03. The molecule has 3 atom stereocenters. The van der Waals surface area contributed by atoms with Crippen molar-refractivity contribution in [3.63, 3.8) is 0 Å². The summed E-state index contributed by atoms with van der Waals surface area (Å²) >= 11 is 0. The number of esters is 1. The van der Waals surface area contributed by atoms with E-state index in [9.17, 15) is 4.79 Å². The summed E-state index contributed by atoms with van der Waals surface area (Å²) in [4.78, 5) is 12.4. The molecule has 3 nitrogen and oxygen atoms in total. The van der Waals surface area contributed by atoms with Crippen molar-refractivity contribution in [3.8, 4) is 0 Å². The van der Waals surface area contributed by atoms with Gasteiger partial charge in [0.1, 0.15) is 5.60 Å². The Labute approximate surface area is 118 Å². The van der Waals surface area contributed by atoms with Gasteiger partial charge in [0, 0.05) is 5.92 Å². The quantitative estimate of drug-likeness (QED) is 0.585. The first-order chi connectivity index (χ1) is 8.55. The van der Waals surface area contributed by atoms with Crippen LogP contribution in [0.4, 0.5) is 0 Å². The minimum atomic E-state index is -1.63. The minimum Gasteiger partial charge on any atom is -0.460 e. The van der Waals surface area contributed by atoms with Crippen LogP contribution in [0.25, 0.3) is 0 Å². The maximum atomic E-state index is 12.4. The highest BCUT2D eigenvalue weighted by molar-refractivity contribution is 6.69. The van der Waals surface area contributed by atoms with Gasteiger partial charge in [-0.1, -0.05) is 12.8 Å². The zero-order chi connectivity index (χ0) is 14.5. The molecule has 0 aromatic heterocycles. The first-order valence-electron chi connectivity index (χ1n) is 7.48. The third-order valence-electron chi connectivity index (χ3n) is 3.94. The Hall–Kier alpha value is -0.353. The molecule has 0 N–H and O–H groups in total. The number of carbonyl (C=O) groups excluding carboxylic acids is 1. The summed E-state index contributed by atoms with van der Waals surface area (Å²) in [6.45, 7) is 12.4. The van der Waals surface area contributed by atoms with Crippen LogP contribution < -0.4 is 0 Å². The lowest BCUT2D eigenvalue weighted by Crippen LogP contribution is -2.38. The summed E-state index contributed by atoms with van der Waals surface area (Å²) in [5, 5.41) is 0. The molecule has 2 rings (SSSR count). The first-order valence-corrected chi connectivity index (χ1v) is 10.9. The molecule has 2 aliphatic carbocycles. The minimum absolute atomic E-state index is 0.0130. The number of hydrogen-bond acceptors (Lipinski definition) is 3. The molecule has 2 fully saturated rings. The molecule has 19 heavy (non-hydrogen) atoms. The Morgan fingerprint density at radius 3 is 2.37 bits per heavy atom. The van der Waals surface area contributed by atoms with Crippen LogP contribution in [0.5, 0.6) is 0 Å². The van der Waals surface area contributed by atoms with Gasteiger partial charge in [-0.25, -0.2) is 0 Å². The van der Waals surface area contributed by atoms with Crippen molar-refractivity contribution in [3.05, 3.63) is 0 Å². The highest BCUT2D eigenvalue weighted by Gasteiger charge is 2.71. The lowest BCUT2D eigenvalue weighted by Gasteiger charge is -2.30. The van der Waals surface area contributed by atoms with Gasteiger partial charge in [-0.15, -0.1) is 0 Å². The van der Waals surface area contributed by atoms with E-state index in [-0.39, 0.29) is 17.5 Å². The first kappa shape index (κ1) is 15.0. The number of ether oxygens (including phenoxy) is 1. The van der Waals surface area contributed by atoms with Crippen LogP contribution in [0.3, 0.4) is 0 Å². The third kappa shape index (κ3) is 3.22. The van der Waals surface area contributed by atoms with Crippen molar-refractivity contribution in [2.75, 3.05) is 0 Å². The maximum Gasteiger partial charge on any atom is 0.312 e. The second kappa shape index (κ2) is 4.59. The zero-order valence-electron chi connectivity index (χ0n) is 13.2. The average Bonchev–Trinajstić information content (AvgIpc) is 2.79. The maximum absolute atomic E-state index is 12.4. The number of fused-ring (bicyclic) bond motifs is 1. The van der Waals surface area contributed by atoms with Gasteiger partial charge in [0.2, 0.25) is 0 Å². The van der Waals surface area contributed by atoms with Crippen LogP contribution in [0, 0.1) is 11.8 Å². The molecule has 2 aliphatic rings. The molecular weight excluding hydrogens is 256 g/mol. The summed E-state index contributed by atoms with van der Waals surface area (Å²) in [7, 11) is -1.63. The second-order valence-corrected chi connectivity index (χ2v) is 12.5. The fourth-order valence-corrected chi connectivity index (χ4v) is 5.02. The van der Waals surface area contributed by atoms with Crippen molar-refractivity contribution >= 4 is 14.3 Å². The smallest absolute Gasteiger partial charge is 0.312 e. The van der Waals surface area contributed by atoms with E-state index in [0.717, 1.165) is 12.8 Å². The Kier molecular flexibility index (Phi) is 3.63. The zero-order valence-corrected chi connectivity index (χ0v) is 14.2. The van der Waals surface area contributed by atoms with Gasteiger partial charge in [-0.2, -0.15) is 0 Å². The Morgan fingerprint density at radius 1 is 1.21 bits per heavy atom. The molecule has 0 heterocycles. The third-order valence-corrected chi connectivity index (χ3v) is 4.93. The molecule has 4 heteroatoms. The van der Waals surface area contributed by atoms with Crippen LogP contribution in [0.1, 0.15) is 46.5 Å². The van der Waals surface area contributed by atoms with Gasteiger partial charge in [-0.3, -0.25) is 4.79 Å². The molecule has 0 saturated heterocycles. The largest absolute Gasteiger partial charge is 0.460 e. The summed E-state index contributed by atoms with van der Waals surface area (Å²) in [5.41, 5.74) is -0.575. The van der Waals surface area contributed by atoms with Crippen LogP contribution in [-0.2, 0) is 14.0 Å². The molecular formula is C15H28O3Si. The monoisotopic (exact) mass is 284 g/mol. The van der Waals surface area contributed by atoms with Crippen LogP contribution in [-0.4, -0.2) is 25.5 Å². The molecule has 0 radical (unpaired) electrons. The van der Waals surface area contributed by atoms with Crippen molar-refractivity contribution in [1.29, 1.82) is 0 Å². The fourth-order valence-electron chi connectivity index (χ4n) is 3.50. The van der Waals surface area contributed by atoms with Gasteiger partial charge in [0.15, 0.2) is 8.32 Å². The van der Waals surface area contributed by atoms with Gasteiger partial charge in [-0.05, 0) is 53.3 Å². The van der Waals surface area contributed by atoms with E-state index in [1.54, 1.807) is 0 Å². The SMILES string of the molecule is CC(C)(C)OC(=O)[C@H]1[C@@H]2CCCC[C@@]21O[Si](C)(C)C. The van der Waals surface area contributed by atoms with Crippen molar-refractivity contribution < 1.29 is 14.0 Å². The topological polar surface area (TPSA) is 35.5 Å². The van der Waals surface area contributed by atoms with Crippen LogP contribution in [0.15, 0.2) is 0 Å². The van der Waals surface area contributed by atoms with Crippen LogP contribution >= 0.6 is 0 Å². The predicted molar refractivity (Wildman–Crippen MR) is 78.5 cm³/mol. The van der Waals surface area contributed by atoms with E-state index in [1.165, 1.54) is 12.8 Å². The Bertz CT molecular complexity index is 367. The van der Waals surface area contributed by atoms with E-state index in [4.69, 9.17) is 9.16 Å². The Balaban J connectivity index is 2.11. The molecule has 0 spiro atoms. The highest BCUT2D eigenvalue weighted by atomic mass is 28.4. The Morgan fingerprint density at radius 2 is 1.84 bits per heavy atom. The number of carbonyl (C=O) groups is 1. The van der Waals surface area contributed by atoms with Gasteiger partial charge >= 0.3 is 5.97 Å². The molecule has 0 aromatic rings. The molecule has 0 amide bonds. The van der Waals surface area contributed by atoms with E-state index in [0.29, 0.717) is 5.92 Å². The van der Waals surface area contributed by atoms with Gasteiger partial charge in [0.05, 0.1) is 11.5 Å². The molecule has 0 unspecified atom stereocenters. The fraction of sp³-hybridized carbons (Fsp3) is 0.933. The van der Waals surface area contributed by atoms with E-state index < -0.39 is 13.9 Å². The molecule has 0 bridgehead atoms. The van der Waals surface area contributed by atoms with Gasteiger partial charge < -0.3 is 9.16 Å². The normalized spacial score (nSPS) is 34.6.